The minimum Gasteiger partial charge on any atom is -0.391 e. The second kappa shape index (κ2) is 22.9. The van der Waals surface area contributed by atoms with E-state index in [-0.39, 0.29) is 31.6 Å². The number of carbonyl (C=O) groups excluding carboxylic acids is 7. The molecule has 0 radical (unpaired) electrons. The molecule has 296 valence electrons. The van der Waals surface area contributed by atoms with Gasteiger partial charge in [-0.2, -0.15) is 0 Å². The number of benzene rings is 2. The molecule has 0 aliphatic rings. The smallest absolute Gasteiger partial charge is 0.291 e. The molecule has 0 saturated heterocycles. The van der Waals surface area contributed by atoms with Gasteiger partial charge in [-0.05, 0) is 74.5 Å². The molecule has 2 aromatic rings. The van der Waals surface area contributed by atoms with E-state index in [0.29, 0.717) is 24.3 Å². The SMILES string of the molecule is CCCCNC(=O)C(=O)C(N)NC(=O)C(CCCCN)NC(=O)C(N)NC(=O)C(NC(=O)C(CN)NC(=O)c1ccc(-c2ccc(Cl)cc2)cc1)C(C)O. The largest absolute Gasteiger partial charge is 0.391 e. The van der Waals surface area contributed by atoms with Crippen LogP contribution in [0.25, 0.3) is 11.1 Å². The average molecular weight is 775 g/mol. The zero-order valence-corrected chi connectivity index (χ0v) is 31.0. The Morgan fingerprint density at radius 1 is 0.704 bits per heavy atom. The Labute approximate surface area is 318 Å². The van der Waals surface area contributed by atoms with E-state index in [0.717, 1.165) is 17.5 Å². The van der Waals surface area contributed by atoms with Gasteiger partial charge in [0, 0.05) is 23.7 Å². The molecule has 0 saturated carbocycles. The third-order valence-electron chi connectivity index (χ3n) is 8.02. The summed E-state index contributed by atoms with van der Waals surface area (Å²) in [5.41, 5.74) is 24.9. The predicted octanol–water partition coefficient (Wildman–Crippen LogP) is -2.17. The minimum absolute atomic E-state index is 0.0318. The lowest BCUT2D eigenvalue weighted by Crippen LogP contribution is -2.63. The van der Waals surface area contributed by atoms with Crippen LogP contribution in [0.2, 0.25) is 5.02 Å². The van der Waals surface area contributed by atoms with Gasteiger partial charge in [0.2, 0.25) is 17.7 Å². The van der Waals surface area contributed by atoms with Gasteiger partial charge in [0.25, 0.3) is 23.5 Å². The number of hydrogen-bond donors (Lipinski definition) is 11. The molecule has 6 amide bonds. The highest BCUT2D eigenvalue weighted by atomic mass is 35.5. The first-order chi connectivity index (χ1) is 25.6. The number of nitrogens with one attached hydrogen (secondary N) is 6. The molecule has 0 heterocycles. The Hall–Kier alpha value is -4.98. The molecule has 15 N–H and O–H groups in total. The summed E-state index contributed by atoms with van der Waals surface area (Å²) in [6.07, 6.45) is -2.73. The van der Waals surface area contributed by atoms with Crippen LogP contribution in [0.3, 0.4) is 0 Å². The molecule has 54 heavy (non-hydrogen) atoms. The lowest BCUT2D eigenvalue weighted by atomic mass is 10.0. The van der Waals surface area contributed by atoms with E-state index in [1.165, 1.54) is 6.92 Å². The number of nitrogens with two attached hydrogens (primary N) is 4. The molecule has 19 heteroatoms. The lowest BCUT2D eigenvalue weighted by Gasteiger charge is -2.26. The van der Waals surface area contributed by atoms with Gasteiger partial charge in [0.15, 0.2) is 6.17 Å². The van der Waals surface area contributed by atoms with E-state index in [1.54, 1.807) is 36.4 Å². The number of aliphatic hydroxyl groups is 1. The third-order valence-corrected chi connectivity index (χ3v) is 8.28. The van der Waals surface area contributed by atoms with Crippen molar-refractivity contribution in [2.45, 2.75) is 82.5 Å². The van der Waals surface area contributed by atoms with Crippen molar-refractivity contribution >= 4 is 52.8 Å². The van der Waals surface area contributed by atoms with E-state index >= 15 is 0 Å². The number of hydrogen-bond acceptors (Lipinski definition) is 12. The Morgan fingerprint density at radius 2 is 1.28 bits per heavy atom. The molecule has 0 aliphatic carbocycles. The maximum Gasteiger partial charge on any atom is 0.291 e. The molecular weight excluding hydrogens is 724 g/mol. The normalized spacial score (nSPS) is 14.2. The fourth-order valence-electron chi connectivity index (χ4n) is 4.85. The fourth-order valence-corrected chi connectivity index (χ4v) is 4.97. The van der Waals surface area contributed by atoms with Crippen LogP contribution >= 0.6 is 11.6 Å². The zero-order valence-electron chi connectivity index (χ0n) is 30.2. The Bertz CT molecular complexity index is 1590. The van der Waals surface area contributed by atoms with Crippen LogP contribution in [-0.2, 0) is 28.8 Å². The third kappa shape index (κ3) is 14.4. The molecule has 2 rings (SSSR count). The number of unbranched alkanes of at least 4 members (excludes halogenated alkanes) is 2. The van der Waals surface area contributed by atoms with Crippen molar-refractivity contribution in [3.8, 4) is 11.1 Å². The standard InChI is InChI=1S/C35H51ClN10O8/c1-3-4-17-41-34(53)27(48)28(39)45-31(50)24(7-5-6-16-37)42-35(54)29(40)46-33(52)26(19(2)47)44-32(51)25(18-38)43-30(49)22-10-8-20(9-11-22)21-12-14-23(36)15-13-21/h8-15,19,24-26,28-29,47H,3-7,16-18,37-40H2,1-2H3,(H,41,53)(H,42,54)(H,43,49)(H,44,51)(H,45,50)(H,46,52). The Morgan fingerprint density at radius 3 is 1.83 bits per heavy atom. The summed E-state index contributed by atoms with van der Waals surface area (Å²) in [6.45, 7) is 3.25. The summed E-state index contributed by atoms with van der Waals surface area (Å²) < 4.78 is 0. The van der Waals surface area contributed by atoms with Gasteiger partial charge in [-0.25, -0.2) is 0 Å². The maximum atomic E-state index is 13.1. The van der Waals surface area contributed by atoms with Crippen molar-refractivity contribution in [2.75, 3.05) is 19.6 Å². The Kier molecular flexibility index (Phi) is 19.2. The van der Waals surface area contributed by atoms with Crippen LogP contribution in [0, 0.1) is 0 Å². The van der Waals surface area contributed by atoms with Gasteiger partial charge in [0.1, 0.15) is 24.3 Å². The molecule has 0 bridgehead atoms. The molecule has 6 atom stereocenters. The van der Waals surface area contributed by atoms with Gasteiger partial charge >= 0.3 is 0 Å². The quantitative estimate of drug-likeness (QED) is 0.0346. The van der Waals surface area contributed by atoms with E-state index in [4.69, 9.17) is 34.5 Å². The van der Waals surface area contributed by atoms with Crippen LogP contribution in [0.1, 0.15) is 56.3 Å². The molecule has 0 fully saturated rings. The van der Waals surface area contributed by atoms with Crippen molar-refractivity contribution in [3.05, 3.63) is 59.1 Å². The molecular formula is C35H51ClN10O8. The molecule has 0 spiro atoms. The second-order valence-electron chi connectivity index (χ2n) is 12.4. The van der Waals surface area contributed by atoms with E-state index in [2.05, 4.69) is 31.9 Å². The summed E-state index contributed by atoms with van der Waals surface area (Å²) in [6, 6.07) is 9.36. The van der Waals surface area contributed by atoms with E-state index in [1.807, 2.05) is 19.1 Å². The highest BCUT2D eigenvalue weighted by Crippen LogP contribution is 2.22. The first-order valence-corrected chi connectivity index (χ1v) is 17.8. The topological polar surface area (TPSA) is 316 Å². The number of rotatable bonds is 22. The van der Waals surface area contributed by atoms with Crippen molar-refractivity contribution in [3.63, 3.8) is 0 Å². The second-order valence-corrected chi connectivity index (χ2v) is 12.8. The van der Waals surface area contributed by atoms with E-state index in [9.17, 15) is 38.7 Å². The minimum atomic E-state index is -1.79. The van der Waals surface area contributed by atoms with E-state index < -0.39 is 77.8 Å². The van der Waals surface area contributed by atoms with Gasteiger partial charge < -0.3 is 59.9 Å². The summed E-state index contributed by atoms with van der Waals surface area (Å²) in [7, 11) is 0. The maximum absolute atomic E-state index is 13.1. The van der Waals surface area contributed by atoms with Crippen LogP contribution < -0.4 is 54.8 Å². The summed E-state index contributed by atoms with van der Waals surface area (Å²) >= 11 is 5.95. The zero-order chi connectivity index (χ0) is 40.4. The monoisotopic (exact) mass is 774 g/mol. The molecule has 0 aromatic heterocycles. The highest BCUT2D eigenvalue weighted by molar-refractivity contribution is 6.38. The molecule has 0 aliphatic heterocycles. The fraction of sp³-hybridized carbons (Fsp3) is 0.457. The van der Waals surface area contributed by atoms with Crippen molar-refractivity contribution in [2.24, 2.45) is 22.9 Å². The number of amides is 6. The van der Waals surface area contributed by atoms with Crippen LogP contribution in [0.5, 0.6) is 0 Å². The molecule has 18 nitrogen and oxygen atoms in total. The van der Waals surface area contributed by atoms with Gasteiger partial charge in [-0.15, -0.1) is 0 Å². The van der Waals surface area contributed by atoms with Crippen LogP contribution in [0.4, 0.5) is 0 Å². The summed E-state index contributed by atoms with van der Waals surface area (Å²) in [5, 5.41) is 24.8. The first kappa shape index (κ1) is 45.2. The number of halogens is 1. The summed E-state index contributed by atoms with van der Waals surface area (Å²) in [5.74, 6) is -6.64. The van der Waals surface area contributed by atoms with Crippen molar-refractivity contribution in [1.82, 2.24) is 31.9 Å². The number of carbonyl (C=O) groups is 7. The first-order valence-electron chi connectivity index (χ1n) is 17.4. The van der Waals surface area contributed by atoms with Crippen molar-refractivity contribution in [1.29, 1.82) is 0 Å². The Balaban J connectivity index is 2.03. The molecule has 6 unspecified atom stereocenters. The van der Waals surface area contributed by atoms with Crippen LogP contribution in [-0.4, -0.2) is 103 Å². The van der Waals surface area contributed by atoms with Gasteiger partial charge in [-0.3, -0.25) is 33.6 Å². The highest BCUT2D eigenvalue weighted by Gasteiger charge is 2.33. The number of Topliss-reactive ketones (excluding diaryl/α,β-unsaturated/α-hetero) is 1. The van der Waals surface area contributed by atoms with Crippen molar-refractivity contribution < 1.29 is 38.7 Å². The van der Waals surface area contributed by atoms with Gasteiger partial charge in [0.05, 0.1) is 6.10 Å². The predicted molar refractivity (Wildman–Crippen MR) is 201 cm³/mol. The number of ketones is 1. The lowest BCUT2D eigenvalue weighted by molar-refractivity contribution is -0.140. The van der Waals surface area contributed by atoms with Gasteiger partial charge in [-0.1, -0.05) is 49.2 Å². The molecule has 2 aromatic carbocycles. The number of aliphatic hydroxyl groups excluding tert-OH is 1. The van der Waals surface area contributed by atoms with Crippen LogP contribution in [0.15, 0.2) is 48.5 Å². The summed E-state index contributed by atoms with van der Waals surface area (Å²) in [4.78, 5) is 89.6. The average Bonchev–Trinajstić information content (AvgIpc) is 3.15.